The van der Waals surface area contributed by atoms with E-state index in [0.717, 1.165) is 0 Å². The Morgan fingerprint density at radius 3 is 2.26 bits per heavy atom. The Morgan fingerprint density at radius 1 is 0.947 bits per heavy atom. The van der Waals surface area contributed by atoms with Crippen LogP contribution in [0.15, 0.2) is 0 Å². The van der Waals surface area contributed by atoms with E-state index in [4.69, 9.17) is 47.6 Å². The van der Waals surface area contributed by atoms with Crippen LogP contribution in [0.1, 0.15) is 25.7 Å². The second-order valence-corrected chi connectivity index (χ2v) is 10.2. The first-order chi connectivity index (χ1) is 18.0. The summed E-state index contributed by atoms with van der Waals surface area (Å²) in [6.45, 7) is -0.296. The van der Waals surface area contributed by atoms with Crippen molar-refractivity contribution >= 4 is 5.91 Å². The quantitative estimate of drug-likeness (QED) is 0.120. The molecule has 3 fully saturated rings. The molecule has 16 N–H and O–H groups in total. The van der Waals surface area contributed by atoms with Gasteiger partial charge in [0.25, 0.3) is 0 Å². The van der Waals surface area contributed by atoms with E-state index in [-0.39, 0.29) is 32.0 Å². The standard InChI is InChI=1S/C22H44N6O10/c23-4-3-12(30)20(34)28-11-5-10(26)18(37-21-9(25)2-1-8(6-24)35-21)17(33)19(11)38-22-16(32)14(27)15(31)13(7-29)36-22/h8-19,21-22,29-33H,1-7,23-27H2,(H,28,34)/t8-,9?,10-,11+,12-,13?,14-,15-,16?,17?,18?,19-,21+,22+/m0/s1. The molecule has 0 aromatic heterocycles. The van der Waals surface area contributed by atoms with Crippen LogP contribution in [0.4, 0.5) is 0 Å². The molecule has 1 aliphatic carbocycles. The monoisotopic (exact) mass is 552 g/mol. The molecule has 16 nitrogen and oxygen atoms in total. The highest BCUT2D eigenvalue weighted by Crippen LogP contribution is 2.31. The Kier molecular flexibility index (Phi) is 11.6. The van der Waals surface area contributed by atoms with Crippen molar-refractivity contribution < 1.29 is 49.3 Å². The van der Waals surface area contributed by atoms with E-state index >= 15 is 0 Å². The average Bonchev–Trinajstić information content (AvgIpc) is 2.89. The summed E-state index contributed by atoms with van der Waals surface area (Å²) in [7, 11) is 0. The summed E-state index contributed by atoms with van der Waals surface area (Å²) in [6, 6.07) is -3.54. The number of aliphatic hydroxyl groups is 5. The lowest BCUT2D eigenvalue weighted by Crippen LogP contribution is -2.69. The smallest absolute Gasteiger partial charge is 0.249 e. The van der Waals surface area contributed by atoms with Crippen molar-refractivity contribution in [3.63, 3.8) is 0 Å². The number of nitrogens with one attached hydrogen (secondary N) is 1. The van der Waals surface area contributed by atoms with E-state index in [1.165, 1.54) is 0 Å². The zero-order valence-electron chi connectivity index (χ0n) is 21.2. The Hall–Kier alpha value is -1.09. The highest BCUT2D eigenvalue weighted by atomic mass is 16.7. The van der Waals surface area contributed by atoms with Crippen molar-refractivity contribution in [2.75, 3.05) is 19.7 Å². The van der Waals surface area contributed by atoms with E-state index in [1.54, 1.807) is 0 Å². The maximum atomic E-state index is 12.6. The van der Waals surface area contributed by atoms with Crippen molar-refractivity contribution in [2.45, 2.75) is 111 Å². The Balaban J connectivity index is 1.82. The molecule has 2 aliphatic heterocycles. The van der Waals surface area contributed by atoms with Gasteiger partial charge in [-0.05, 0) is 32.2 Å². The second kappa shape index (κ2) is 14.0. The third kappa shape index (κ3) is 7.15. The molecule has 38 heavy (non-hydrogen) atoms. The first-order valence-corrected chi connectivity index (χ1v) is 12.9. The first-order valence-electron chi connectivity index (χ1n) is 12.9. The van der Waals surface area contributed by atoms with Gasteiger partial charge in [-0.15, -0.1) is 0 Å². The summed E-state index contributed by atoms with van der Waals surface area (Å²) in [5, 5.41) is 54.4. The fraction of sp³-hybridized carbons (Fsp3) is 0.955. The van der Waals surface area contributed by atoms with Crippen LogP contribution < -0.4 is 34.0 Å². The van der Waals surface area contributed by atoms with E-state index in [9.17, 15) is 30.3 Å². The SMILES string of the molecule is NCC[C@H](O)C(=O)N[C@@H]1C[C@H](N)C(O[C@H]2O[C@H](CN)CCC2N)C(O)[C@H]1O[C@H]1OC(CO)[C@H](O)[C@H](N)C1O. The van der Waals surface area contributed by atoms with Gasteiger partial charge in [0.15, 0.2) is 12.6 Å². The third-order valence-electron chi connectivity index (χ3n) is 7.37. The fourth-order valence-electron chi connectivity index (χ4n) is 5.02. The molecule has 0 aromatic carbocycles. The van der Waals surface area contributed by atoms with Crippen LogP contribution in [0.3, 0.4) is 0 Å². The highest BCUT2D eigenvalue weighted by Gasteiger charge is 2.51. The van der Waals surface area contributed by atoms with Crippen LogP contribution in [0.2, 0.25) is 0 Å². The largest absolute Gasteiger partial charge is 0.394 e. The van der Waals surface area contributed by atoms with Gasteiger partial charge in [0.1, 0.15) is 42.7 Å². The van der Waals surface area contributed by atoms with Crippen molar-refractivity contribution in [3.05, 3.63) is 0 Å². The second-order valence-electron chi connectivity index (χ2n) is 10.2. The Bertz CT molecular complexity index is 755. The molecule has 1 saturated carbocycles. The maximum absolute atomic E-state index is 12.6. The predicted molar refractivity (Wildman–Crippen MR) is 131 cm³/mol. The topological polar surface area (TPSA) is 297 Å². The van der Waals surface area contributed by atoms with Crippen LogP contribution in [0.5, 0.6) is 0 Å². The van der Waals surface area contributed by atoms with Gasteiger partial charge in [-0.25, -0.2) is 0 Å². The summed E-state index contributed by atoms with van der Waals surface area (Å²) in [6.07, 6.45) is -10.8. The van der Waals surface area contributed by atoms with Crippen molar-refractivity contribution in [1.82, 2.24) is 5.32 Å². The summed E-state index contributed by atoms with van der Waals surface area (Å²) in [5.74, 6) is -0.762. The minimum atomic E-state index is -1.55. The average molecular weight is 553 g/mol. The third-order valence-corrected chi connectivity index (χ3v) is 7.37. The lowest BCUT2D eigenvalue weighted by Gasteiger charge is -2.48. The van der Waals surface area contributed by atoms with Gasteiger partial charge in [0.2, 0.25) is 5.91 Å². The molecular formula is C22H44N6O10. The first kappa shape index (κ1) is 31.4. The molecule has 1 amide bonds. The van der Waals surface area contributed by atoms with E-state index in [1.807, 2.05) is 0 Å². The van der Waals surface area contributed by atoms with Crippen LogP contribution in [0, 0.1) is 0 Å². The molecule has 0 spiro atoms. The molecule has 2 heterocycles. The number of carbonyl (C=O) groups is 1. The van der Waals surface area contributed by atoms with E-state index < -0.39 is 92.0 Å². The molecule has 0 bridgehead atoms. The molecular weight excluding hydrogens is 508 g/mol. The van der Waals surface area contributed by atoms with Gasteiger partial charge in [-0.1, -0.05) is 0 Å². The van der Waals surface area contributed by atoms with Crippen LogP contribution in [-0.2, 0) is 23.7 Å². The van der Waals surface area contributed by atoms with Gasteiger partial charge < -0.3 is 78.5 Å². The number of nitrogens with two attached hydrogens (primary N) is 5. The number of carbonyl (C=O) groups excluding carboxylic acids is 1. The van der Waals surface area contributed by atoms with Gasteiger partial charge in [-0.3, -0.25) is 4.79 Å². The molecule has 3 aliphatic rings. The van der Waals surface area contributed by atoms with Gasteiger partial charge in [0, 0.05) is 12.6 Å². The molecule has 3 rings (SSSR count). The fourth-order valence-corrected chi connectivity index (χ4v) is 5.02. The van der Waals surface area contributed by atoms with Crippen LogP contribution in [0.25, 0.3) is 0 Å². The van der Waals surface area contributed by atoms with Gasteiger partial charge >= 0.3 is 0 Å². The predicted octanol–water partition coefficient (Wildman–Crippen LogP) is -6.40. The van der Waals surface area contributed by atoms with Crippen LogP contribution >= 0.6 is 0 Å². The number of aliphatic hydroxyl groups excluding tert-OH is 5. The van der Waals surface area contributed by atoms with Crippen molar-refractivity contribution in [3.8, 4) is 0 Å². The molecule has 5 unspecified atom stereocenters. The van der Waals surface area contributed by atoms with Crippen molar-refractivity contribution in [2.24, 2.45) is 28.7 Å². The summed E-state index contributed by atoms with van der Waals surface area (Å²) >= 11 is 0. The summed E-state index contributed by atoms with van der Waals surface area (Å²) in [4.78, 5) is 12.6. The van der Waals surface area contributed by atoms with E-state index in [2.05, 4.69) is 5.32 Å². The van der Waals surface area contributed by atoms with Crippen molar-refractivity contribution in [1.29, 1.82) is 0 Å². The highest BCUT2D eigenvalue weighted by molar-refractivity contribution is 5.80. The van der Waals surface area contributed by atoms with Gasteiger partial charge in [-0.2, -0.15) is 0 Å². The normalized spacial score (nSPS) is 44.9. The lowest BCUT2D eigenvalue weighted by atomic mass is 9.83. The summed E-state index contributed by atoms with van der Waals surface area (Å²) < 4.78 is 23.3. The number of amides is 1. The van der Waals surface area contributed by atoms with Gasteiger partial charge in [0.05, 0.1) is 30.8 Å². The Morgan fingerprint density at radius 2 is 1.63 bits per heavy atom. The number of rotatable bonds is 10. The lowest BCUT2D eigenvalue weighted by molar-refractivity contribution is -0.314. The Labute approximate surface area is 220 Å². The van der Waals surface area contributed by atoms with Crippen LogP contribution in [-0.4, -0.2) is 137 Å². The number of ether oxygens (including phenoxy) is 4. The number of hydrogen-bond donors (Lipinski definition) is 11. The zero-order chi connectivity index (χ0) is 28.1. The molecule has 222 valence electrons. The summed E-state index contributed by atoms with van der Waals surface area (Å²) in [5.41, 5.74) is 29.6. The maximum Gasteiger partial charge on any atom is 0.249 e. The molecule has 0 radical (unpaired) electrons. The minimum Gasteiger partial charge on any atom is -0.394 e. The molecule has 2 saturated heterocycles. The number of hydrogen-bond acceptors (Lipinski definition) is 15. The molecule has 0 aromatic rings. The zero-order valence-corrected chi connectivity index (χ0v) is 21.2. The molecule has 14 atom stereocenters. The van der Waals surface area contributed by atoms with E-state index in [0.29, 0.717) is 12.8 Å². The minimum absolute atomic E-state index is 0.000983. The molecule has 16 heteroatoms.